The molecule has 7 heteroatoms. The second-order valence-corrected chi connectivity index (χ2v) is 8.91. The number of halogens is 1. The molecule has 1 aromatic heterocycles. The van der Waals surface area contributed by atoms with Gasteiger partial charge in [-0.2, -0.15) is 0 Å². The zero-order valence-electron chi connectivity index (χ0n) is 17.6. The number of para-hydroxylation sites is 2. The Hall–Kier alpha value is -3.22. The topological polar surface area (TPSA) is 59.0 Å². The first-order chi connectivity index (χ1) is 15.5. The van der Waals surface area contributed by atoms with E-state index in [1.54, 1.807) is 23.9 Å². The molecule has 0 unspecified atom stereocenters. The van der Waals surface area contributed by atoms with Gasteiger partial charge in [-0.05, 0) is 61.2 Å². The van der Waals surface area contributed by atoms with Gasteiger partial charge in [0.2, 0.25) is 5.95 Å². The first-order valence-corrected chi connectivity index (χ1v) is 11.8. The van der Waals surface area contributed by atoms with Crippen LogP contribution < -0.4 is 10.6 Å². The minimum absolute atomic E-state index is 0.181. The number of rotatable bonds is 4. The third-order valence-electron chi connectivity index (χ3n) is 5.59. The number of nitrogens with one attached hydrogen (secondary N) is 2. The van der Waals surface area contributed by atoms with Crippen molar-refractivity contribution >= 4 is 51.9 Å². The van der Waals surface area contributed by atoms with Crippen LogP contribution in [0.3, 0.4) is 0 Å². The van der Waals surface area contributed by atoms with Gasteiger partial charge in [0, 0.05) is 21.3 Å². The monoisotopic (exact) mass is 460 g/mol. The maximum Gasteiger partial charge on any atom is 0.255 e. The molecule has 1 aliphatic rings. The van der Waals surface area contributed by atoms with Crippen LogP contribution >= 0.6 is 23.4 Å². The van der Waals surface area contributed by atoms with Gasteiger partial charge in [0.05, 0.1) is 22.6 Å². The van der Waals surface area contributed by atoms with Crippen LogP contribution in [-0.4, -0.2) is 21.7 Å². The van der Waals surface area contributed by atoms with Gasteiger partial charge >= 0.3 is 0 Å². The van der Waals surface area contributed by atoms with Crippen LogP contribution in [0, 0.1) is 0 Å². The van der Waals surface area contributed by atoms with E-state index in [-0.39, 0.29) is 11.9 Å². The van der Waals surface area contributed by atoms with E-state index in [0.29, 0.717) is 16.3 Å². The molecule has 160 valence electrons. The molecule has 4 aromatic rings. The van der Waals surface area contributed by atoms with E-state index < -0.39 is 0 Å². The summed E-state index contributed by atoms with van der Waals surface area (Å²) in [5.41, 5.74) is 4.92. The Kier molecular flexibility index (Phi) is 5.41. The molecule has 3 aromatic carbocycles. The molecule has 1 amide bonds. The molecule has 2 heterocycles. The van der Waals surface area contributed by atoms with Crippen molar-refractivity contribution in [2.24, 2.45) is 0 Å². The molecule has 2 N–H and O–H groups in total. The molecular formula is C25H21ClN4OS. The Morgan fingerprint density at radius 1 is 1.09 bits per heavy atom. The van der Waals surface area contributed by atoms with Gasteiger partial charge in [-0.15, -0.1) is 11.8 Å². The summed E-state index contributed by atoms with van der Waals surface area (Å²) in [6, 6.07) is 23.2. The lowest BCUT2D eigenvalue weighted by Gasteiger charge is -2.30. The number of benzene rings is 3. The highest BCUT2D eigenvalue weighted by Crippen LogP contribution is 2.39. The summed E-state index contributed by atoms with van der Waals surface area (Å²) < 4.78 is 2.10. The van der Waals surface area contributed by atoms with E-state index in [9.17, 15) is 4.79 Å². The zero-order valence-corrected chi connectivity index (χ0v) is 19.2. The summed E-state index contributed by atoms with van der Waals surface area (Å²) in [5, 5.41) is 6.93. The van der Waals surface area contributed by atoms with E-state index in [1.165, 1.54) is 4.90 Å². The van der Waals surface area contributed by atoms with Crippen LogP contribution in [0.15, 0.2) is 89.0 Å². The van der Waals surface area contributed by atoms with Crippen LogP contribution in [0.2, 0.25) is 5.02 Å². The lowest BCUT2D eigenvalue weighted by Crippen LogP contribution is -2.30. The molecule has 32 heavy (non-hydrogen) atoms. The number of anilines is 2. The summed E-state index contributed by atoms with van der Waals surface area (Å²) >= 11 is 7.81. The number of imidazole rings is 1. The number of allylic oxidation sites excluding steroid dienone is 1. The second kappa shape index (κ2) is 8.37. The summed E-state index contributed by atoms with van der Waals surface area (Å²) in [7, 11) is 0. The van der Waals surface area contributed by atoms with Crippen LogP contribution in [0.1, 0.15) is 18.5 Å². The lowest BCUT2D eigenvalue weighted by molar-refractivity contribution is -0.113. The number of hydrogen-bond donors (Lipinski definition) is 2. The molecule has 0 aliphatic carbocycles. The third-order valence-corrected chi connectivity index (χ3v) is 6.57. The highest BCUT2D eigenvalue weighted by molar-refractivity contribution is 7.98. The fourth-order valence-corrected chi connectivity index (χ4v) is 4.72. The van der Waals surface area contributed by atoms with E-state index >= 15 is 0 Å². The SMILES string of the molecule is CSc1ccc([C@H]2C(C(=O)Nc3cccc(Cl)c3)=C(C)Nc3nc4ccccc4n32)cc1. The first-order valence-electron chi connectivity index (χ1n) is 10.2. The molecule has 0 radical (unpaired) electrons. The lowest BCUT2D eigenvalue weighted by atomic mass is 9.94. The van der Waals surface area contributed by atoms with Gasteiger partial charge < -0.3 is 10.6 Å². The first kappa shape index (κ1) is 20.7. The van der Waals surface area contributed by atoms with E-state index in [2.05, 4.69) is 45.7 Å². The zero-order chi connectivity index (χ0) is 22.2. The van der Waals surface area contributed by atoms with Crippen LogP contribution in [0.4, 0.5) is 11.6 Å². The van der Waals surface area contributed by atoms with Crippen LogP contribution in [-0.2, 0) is 4.79 Å². The Labute approximate surface area is 195 Å². The molecule has 1 aliphatic heterocycles. The Bertz CT molecular complexity index is 1360. The molecule has 0 bridgehead atoms. The van der Waals surface area contributed by atoms with Gasteiger partial charge in [-0.3, -0.25) is 9.36 Å². The average Bonchev–Trinajstić information content (AvgIpc) is 3.16. The minimum Gasteiger partial charge on any atom is -0.329 e. The summed E-state index contributed by atoms with van der Waals surface area (Å²) in [6.45, 7) is 1.92. The third kappa shape index (κ3) is 3.66. The number of thioether (sulfide) groups is 1. The van der Waals surface area contributed by atoms with Crippen molar-refractivity contribution in [1.82, 2.24) is 9.55 Å². The maximum atomic E-state index is 13.6. The number of aromatic nitrogens is 2. The highest BCUT2D eigenvalue weighted by Gasteiger charge is 2.34. The van der Waals surface area contributed by atoms with Crippen molar-refractivity contribution < 1.29 is 4.79 Å². The largest absolute Gasteiger partial charge is 0.329 e. The van der Waals surface area contributed by atoms with Crippen molar-refractivity contribution in [3.05, 3.63) is 94.7 Å². The number of amides is 1. The van der Waals surface area contributed by atoms with Crippen molar-refractivity contribution in [2.45, 2.75) is 17.9 Å². The summed E-state index contributed by atoms with van der Waals surface area (Å²) in [4.78, 5) is 19.5. The number of hydrogen-bond acceptors (Lipinski definition) is 4. The summed E-state index contributed by atoms with van der Waals surface area (Å²) in [6.07, 6.45) is 2.05. The van der Waals surface area contributed by atoms with E-state index in [4.69, 9.17) is 16.6 Å². The molecule has 0 saturated heterocycles. The Morgan fingerprint density at radius 3 is 2.62 bits per heavy atom. The van der Waals surface area contributed by atoms with E-state index in [1.807, 2.05) is 43.3 Å². The molecule has 0 fully saturated rings. The molecule has 0 saturated carbocycles. The number of carbonyl (C=O) groups excluding carboxylic acids is 1. The smallest absolute Gasteiger partial charge is 0.255 e. The van der Waals surface area contributed by atoms with Crippen molar-refractivity contribution in [3.63, 3.8) is 0 Å². The summed E-state index contributed by atoms with van der Waals surface area (Å²) in [5.74, 6) is 0.543. The van der Waals surface area contributed by atoms with Crippen molar-refractivity contribution in [2.75, 3.05) is 16.9 Å². The normalized spacial score (nSPS) is 15.4. The van der Waals surface area contributed by atoms with E-state index in [0.717, 1.165) is 28.2 Å². The number of carbonyl (C=O) groups is 1. The standard InChI is InChI=1S/C25H21ClN4OS/c1-15-22(24(31)28-18-7-5-6-17(26)14-18)23(16-10-12-19(32-2)13-11-16)30-21-9-4-3-8-20(21)29-25(30)27-15/h3-14,23H,1-2H3,(H,27,29)(H,28,31)/t23-/m0/s1. The Balaban J connectivity index is 1.65. The van der Waals surface area contributed by atoms with Crippen molar-refractivity contribution in [3.8, 4) is 0 Å². The number of fused-ring (bicyclic) bond motifs is 3. The van der Waals surface area contributed by atoms with Crippen molar-refractivity contribution in [1.29, 1.82) is 0 Å². The van der Waals surface area contributed by atoms with Gasteiger partial charge in [0.15, 0.2) is 0 Å². The quantitative estimate of drug-likeness (QED) is 0.349. The minimum atomic E-state index is -0.325. The van der Waals surface area contributed by atoms with Gasteiger partial charge in [-0.25, -0.2) is 4.98 Å². The molecule has 5 rings (SSSR count). The number of nitrogens with zero attached hydrogens (tertiary/aromatic N) is 2. The predicted molar refractivity (Wildman–Crippen MR) is 132 cm³/mol. The van der Waals surface area contributed by atoms with Gasteiger partial charge in [0.25, 0.3) is 5.91 Å². The maximum absolute atomic E-state index is 13.6. The molecular weight excluding hydrogens is 440 g/mol. The highest BCUT2D eigenvalue weighted by atomic mass is 35.5. The predicted octanol–water partition coefficient (Wildman–Crippen LogP) is 6.34. The molecule has 1 atom stereocenters. The van der Waals surface area contributed by atoms with Crippen LogP contribution in [0.25, 0.3) is 11.0 Å². The molecule has 0 spiro atoms. The second-order valence-electron chi connectivity index (χ2n) is 7.60. The average molecular weight is 461 g/mol. The fraction of sp³-hybridized carbons (Fsp3) is 0.120. The Morgan fingerprint density at radius 2 is 1.88 bits per heavy atom. The molecule has 5 nitrogen and oxygen atoms in total. The van der Waals surface area contributed by atoms with Gasteiger partial charge in [0.1, 0.15) is 0 Å². The fourth-order valence-electron chi connectivity index (χ4n) is 4.12. The van der Waals surface area contributed by atoms with Gasteiger partial charge in [-0.1, -0.05) is 41.9 Å². The van der Waals surface area contributed by atoms with Crippen LogP contribution in [0.5, 0.6) is 0 Å².